The van der Waals surface area contributed by atoms with Crippen molar-refractivity contribution in [2.45, 2.75) is 6.92 Å². The van der Waals surface area contributed by atoms with Crippen LogP contribution < -0.4 is 9.64 Å². The Bertz CT molecular complexity index is 1120. The van der Waals surface area contributed by atoms with E-state index >= 15 is 0 Å². The van der Waals surface area contributed by atoms with Gasteiger partial charge in [-0.15, -0.1) is 0 Å². The van der Waals surface area contributed by atoms with Crippen molar-refractivity contribution in [1.29, 1.82) is 0 Å². The number of carbonyl (C=O) groups is 3. The minimum atomic E-state index is -0.344. The topological polar surface area (TPSA) is 66.9 Å². The largest absolute Gasteiger partial charge is 0.495 e. The number of carbonyl (C=O) groups excluding carboxylic acids is 3. The van der Waals surface area contributed by atoms with E-state index in [1.54, 1.807) is 53.4 Å². The fourth-order valence-electron chi connectivity index (χ4n) is 3.68. The number of imide groups is 1. The van der Waals surface area contributed by atoms with Crippen LogP contribution in [0.5, 0.6) is 5.75 Å². The fourth-order valence-corrected chi connectivity index (χ4v) is 3.68. The van der Waals surface area contributed by atoms with Crippen LogP contribution in [-0.2, 0) is 0 Å². The molecule has 3 aromatic carbocycles. The van der Waals surface area contributed by atoms with Crippen molar-refractivity contribution in [2.24, 2.45) is 0 Å². The van der Waals surface area contributed by atoms with E-state index in [1.165, 1.54) is 12.0 Å². The fraction of sp³-hybridized carbons (Fsp3) is 0.160. The van der Waals surface area contributed by atoms with Crippen LogP contribution in [0.1, 0.15) is 36.6 Å². The number of hydrogen-bond donors (Lipinski definition) is 0. The van der Waals surface area contributed by atoms with Crippen LogP contribution in [-0.4, -0.2) is 42.8 Å². The van der Waals surface area contributed by atoms with E-state index in [0.29, 0.717) is 28.1 Å². The average molecular weight is 414 g/mol. The Balaban J connectivity index is 1.64. The second-order valence-corrected chi connectivity index (χ2v) is 7.30. The predicted molar refractivity (Wildman–Crippen MR) is 118 cm³/mol. The van der Waals surface area contributed by atoms with Crippen LogP contribution >= 0.6 is 0 Å². The van der Waals surface area contributed by atoms with Gasteiger partial charge in [0.2, 0.25) is 0 Å². The highest BCUT2D eigenvalue weighted by Gasteiger charge is 2.35. The van der Waals surface area contributed by atoms with Gasteiger partial charge in [0.25, 0.3) is 17.7 Å². The molecule has 6 nitrogen and oxygen atoms in total. The average Bonchev–Trinajstić information content (AvgIpc) is 3.04. The first-order valence-electron chi connectivity index (χ1n) is 9.98. The quantitative estimate of drug-likeness (QED) is 0.573. The van der Waals surface area contributed by atoms with Crippen molar-refractivity contribution in [1.82, 2.24) is 4.90 Å². The molecule has 0 saturated carbocycles. The lowest BCUT2D eigenvalue weighted by atomic mass is 10.1. The summed E-state index contributed by atoms with van der Waals surface area (Å²) in [4.78, 5) is 41.6. The van der Waals surface area contributed by atoms with Crippen LogP contribution in [0.2, 0.25) is 0 Å². The number of hydrogen-bond acceptors (Lipinski definition) is 4. The molecule has 0 atom stereocenters. The molecule has 0 saturated heterocycles. The maximum atomic E-state index is 13.4. The van der Waals surface area contributed by atoms with Gasteiger partial charge in [0, 0.05) is 18.7 Å². The first kappa shape index (κ1) is 20.3. The summed E-state index contributed by atoms with van der Waals surface area (Å²) in [7, 11) is 1.54. The summed E-state index contributed by atoms with van der Waals surface area (Å²) in [6, 6.07) is 21.2. The summed E-state index contributed by atoms with van der Waals surface area (Å²) in [5, 5.41) is 0. The standard InChI is InChI=1S/C25H22N2O4/c1-17-11-13-18(14-12-17)23(28)26(21-9-5-6-10-22(21)31-2)15-16-27-24(29)19-7-3-4-8-20(19)25(27)30/h3-14H,15-16H2,1-2H3. The Labute approximate surface area is 180 Å². The number of nitrogens with zero attached hydrogens (tertiary/aromatic N) is 2. The number of anilines is 1. The third-order valence-electron chi connectivity index (χ3n) is 5.35. The zero-order chi connectivity index (χ0) is 22.0. The van der Waals surface area contributed by atoms with E-state index in [2.05, 4.69) is 0 Å². The number of ether oxygens (including phenoxy) is 1. The molecule has 3 aromatic rings. The number of methoxy groups -OCH3 is 1. The Hall–Kier alpha value is -3.93. The Morgan fingerprint density at radius 3 is 2.06 bits per heavy atom. The lowest BCUT2D eigenvalue weighted by molar-refractivity contribution is 0.0654. The second kappa shape index (κ2) is 8.44. The maximum absolute atomic E-state index is 13.4. The number of fused-ring (bicyclic) bond motifs is 1. The highest BCUT2D eigenvalue weighted by atomic mass is 16.5. The van der Waals surface area contributed by atoms with Gasteiger partial charge in [-0.3, -0.25) is 19.3 Å². The number of rotatable bonds is 6. The van der Waals surface area contributed by atoms with Gasteiger partial charge in [0.1, 0.15) is 5.75 Å². The number of aryl methyl sites for hydroxylation is 1. The molecular weight excluding hydrogens is 392 g/mol. The molecule has 0 N–H and O–H groups in total. The SMILES string of the molecule is COc1ccccc1N(CCN1C(=O)c2ccccc2C1=O)C(=O)c1ccc(C)cc1. The molecule has 1 heterocycles. The third-order valence-corrected chi connectivity index (χ3v) is 5.35. The van der Waals surface area contributed by atoms with Gasteiger partial charge in [-0.1, -0.05) is 42.0 Å². The first-order valence-corrected chi connectivity index (χ1v) is 9.98. The monoisotopic (exact) mass is 414 g/mol. The highest BCUT2D eigenvalue weighted by molar-refractivity contribution is 6.21. The third kappa shape index (κ3) is 3.80. The second-order valence-electron chi connectivity index (χ2n) is 7.30. The van der Waals surface area contributed by atoms with Crippen molar-refractivity contribution in [3.05, 3.63) is 95.1 Å². The van der Waals surface area contributed by atoms with Gasteiger partial charge < -0.3 is 9.64 Å². The van der Waals surface area contributed by atoms with Crippen molar-refractivity contribution in [3.63, 3.8) is 0 Å². The van der Waals surface area contributed by atoms with Crippen molar-refractivity contribution >= 4 is 23.4 Å². The molecule has 156 valence electrons. The zero-order valence-electron chi connectivity index (χ0n) is 17.4. The summed E-state index contributed by atoms with van der Waals surface area (Å²) in [6.45, 7) is 2.16. The molecule has 4 rings (SSSR count). The van der Waals surface area contributed by atoms with Crippen molar-refractivity contribution in [2.75, 3.05) is 25.1 Å². The normalized spacial score (nSPS) is 12.6. The number of benzene rings is 3. The lowest BCUT2D eigenvalue weighted by Crippen LogP contribution is -2.41. The molecule has 1 aliphatic rings. The molecule has 0 fully saturated rings. The lowest BCUT2D eigenvalue weighted by Gasteiger charge is -2.26. The Morgan fingerprint density at radius 2 is 1.45 bits per heavy atom. The van der Waals surface area contributed by atoms with Gasteiger partial charge in [-0.25, -0.2) is 0 Å². The van der Waals surface area contributed by atoms with Gasteiger partial charge in [-0.2, -0.15) is 0 Å². The number of para-hydroxylation sites is 2. The van der Waals surface area contributed by atoms with E-state index in [0.717, 1.165) is 5.56 Å². The van der Waals surface area contributed by atoms with E-state index in [-0.39, 0.29) is 30.8 Å². The molecule has 0 unspecified atom stereocenters. The van der Waals surface area contributed by atoms with E-state index in [9.17, 15) is 14.4 Å². The summed E-state index contributed by atoms with van der Waals surface area (Å²) in [5.74, 6) is -0.391. The van der Waals surface area contributed by atoms with Crippen LogP contribution in [0.15, 0.2) is 72.8 Å². The molecule has 3 amide bonds. The van der Waals surface area contributed by atoms with Crippen LogP contribution in [0.25, 0.3) is 0 Å². The minimum Gasteiger partial charge on any atom is -0.495 e. The minimum absolute atomic E-state index is 0.0714. The van der Waals surface area contributed by atoms with Gasteiger partial charge in [-0.05, 0) is 43.3 Å². The van der Waals surface area contributed by atoms with E-state index in [1.807, 2.05) is 31.2 Å². The summed E-state index contributed by atoms with van der Waals surface area (Å²) in [5.41, 5.74) is 2.92. The highest BCUT2D eigenvalue weighted by Crippen LogP contribution is 2.30. The van der Waals surface area contributed by atoms with E-state index in [4.69, 9.17) is 4.74 Å². The van der Waals surface area contributed by atoms with Crippen LogP contribution in [0, 0.1) is 6.92 Å². The predicted octanol–water partition coefficient (Wildman–Crippen LogP) is 3.95. The van der Waals surface area contributed by atoms with Crippen molar-refractivity contribution < 1.29 is 19.1 Å². The van der Waals surface area contributed by atoms with Crippen molar-refractivity contribution in [3.8, 4) is 5.75 Å². The first-order chi connectivity index (χ1) is 15.0. The van der Waals surface area contributed by atoms with E-state index < -0.39 is 0 Å². The van der Waals surface area contributed by atoms with Gasteiger partial charge in [0.15, 0.2) is 0 Å². The molecule has 0 aromatic heterocycles. The van der Waals surface area contributed by atoms with Gasteiger partial charge >= 0.3 is 0 Å². The zero-order valence-corrected chi connectivity index (χ0v) is 17.4. The van der Waals surface area contributed by atoms with Gasteiger partial charge in [0.05, 0.1) is 23.9 Å². The molecule has 6 heteroatoms. The molecule has 0 bridgehead atoms. The summed E-state index contributed by atoms with van der Waals surface area (Å²) < 4.78 is 5.45. The maximum Gasteiger partial charge on any atom is 0.261 e. The molecule has 0 spiro atoms. The molecule has 1 aliphatic heterocycles. The van der Waals surface area contributed by atoms with Crippen LogP contribution in [0.4, 0.5) is 5.69 Å². The number of amides is 3. The smallest absolute Gasteiger partial charge is 0.261 e. The summed E-state index contributed by atoms with van der Waals surface area (Å²) in [6.07, 6.45) is 0. The molecular formula is C25H22N2O4. The molecule has 0 aliphatic carbocycles. The summed E-state index contributed by atoms with van der Waals surface area (Å²) >= 11 is 0. The molecule has 31 heavy (non-hydrogen) atoms. The molecule has 0 radical (unpaired) electrons. The Morgan fingerprint density at radius 1 is 0.871 bits per heavy atom. The Kier molecular flexibility index (Phi) is 5.54. The van der Waals surface area contributed by atoms with Crippen LogP contribution in [0.3, 0.4) is 0 Å².